The Bertz CT molecular complexity index is 392. The van der Waals surface area contributed by atoms with Gasteiger partial charge in [0, 0.05) is 12.5 Å². The summed E-state index contributed by atoms with van der Waals surface area (Å²) in [4.78, 5) is 11.2. The first kappa shape index (κ1) is 10.9. The molecule has 0 saturated heterocycles. The second kappa shape index (κ2) is 4.97. The highest BCUT2D eigenvalue weighted by atomic mass is 16.5. The summed E-state index contributed by atoms with van der Waals surface area (Å²) in [6.07, 6.45) is 4.38. The van der Waals surface area contributed by atoms with Gasteiger partial charge in [0.1, 0.15) is 6.10 Å². The molecule has 2 nitrogen and oxygen atoms in total. The zero-order valence-electron chi connectivity index (χ0n) is 9.48. The molecule has 1 aromatic rings. The van der Waals surface area contributed by atoms with Crippen LogP contribution in [-0.2, 0) is 16.0 Å². The minimum Gasteiger partial charge on any atom is -0.459 e. The summed E-state index contributed by atoms with van der Waals surface area (Å²) in [6, 6.07) is 10.3. The lowest BCUT2D eigenvalue weighted by molar-refractivity contribution is -0.144. The van der Waals surface area contributed by atoms with E-state index in [0.717, 1.165) is 24.8 Å². The van der Waals surface area contributed by atoms with E-state index in [-0.39, 0.29) is 12.1 Å². The van der Waals surface area contributed by atoms with Crippen LogP contribution in [0, 0.1) is 0 Å². The number of rotatable bonds is 3. The molecule has 84 valence electrons. The second-order valence-electron chi connectivity index (χ2n) is 4.28. The molecule has 0 aromatic heterocycles. The average Bonchev–Trinajstić information content (AvgIpc) is 2.27. The van der Waals surface area contributed by atoms with Gasteiger partial charge in [-0.15, -0.1) is 0 Å². The van der Waals surface area contributed by atoms with Crippen molar-refractivity contribution in [1.82, 2.24) is 0 Å². The maximum atomic E-state index is 11.2. The Balaban J connectivity index is 1.88. The highest BCUT2D eigenvalue weighted by Crippen LogP contribution is 2.19. The lowest BCUT2D eigenvalue weighted by Gasteiger charge is -2.21. The monoisotopic (exact) mass is 216 g/mol. The Morgan fingerprint density at radius 1 is 1.31 bits per heavy atom. The summed E-state index contributed by atoms with van der Waals surface area (Å²) in [5.41, 5.74) is 2.42. The standard InChI is InChI=1S/C14H16O2/c1-11-9-13(16-14(15)10-11)8-7-12-5-3-2-4-6-12/h2-6,10,13H,7-9H2,1H3. The van der Waals surface area contributed by atoms with Crippen LogP contribution in [0.3, 0.4) is 0 Å². The molecular weight excluding hydrogens is 200 g/mol. The van der Waals surface area contributed by atoms with Crippen LogP contribution in [0.2, 0.25) is 0 Å². The molecule has 0 fully saturated rings. The van der Waals surface area contributed by atoms with Crippen molar-refractivity contribution in [1.29, 1.82) is 0 Å². The summed E-state index contributed by atoms with van der Waals surface area (Å²) >= 11 is 0. The molecule has 2 rings (SSSR count). The Labute approximate surface area is 95.9 Å². The first-order valence-electron chi connectivity index (χ1n) is 5.66. The van der Waals surface area contributed by atoms with Crippen molar-refractivity contribution < 1.29 is 9.53 Å². The Morgan fingerprint density at radius 3 is 2.75 bits per heavy atom. The first-order valence-corrected chi connectivity index (χ1v) is 5.66. The molecule has 1 aromatic carbocycles. The van der Waals surface area contributed by atoms with Gasteiger partial charge in [0.15, 0.2) is 0 Å². The lowest BCUT2D eigenvalue weighted by Crippen LogP contribution is -2.22. The number of ether oxygens (including phenoxy) is 1. The van der Waals surface area contributed by atoms with Crippen LogP contribution >= 0.6 is 0 Å². The summed E-state index contributed by atoms with van der Waals surface area (Å²) in [7, 11) is 0. The van der Waals surface area contributed by atoms with E-state index in [1.54, 1.807) is 6.08 Å². The average molecular weight is 216 g/mol. The van der Waals surface area contributed by atoms with Gasteiger partial charge in [-0.1, -0.05) is 35.9 Å². The third kappa shape index (κ3) is 2.96. The number of benzene rings is 1. The van der Waals surface area contributed by atoms with E-state index < -0.39 is 0 Å². The van der Waals surface area contributed by atoms with Gasteiger partial charge in [0.25, 0.3) is 0 Å². The van der Waals surface area contributed by atoms with Gasteiger partial charge in [0.05, 0.1) is 0 Å². The SMILES string of the molecule is CC1=CC(=O)OC(CCc2ccccc2)C1. The van der Waals surface area contributed by atoms with Crippen molar-refractivity contribution in [3.63, 3.8) is 0 Å². The first-order chi connectivity index (χ1) is 7.74. The third-order valence-corrected chi connectivity index (χ3v) is 2.79. The number of carbonyl (C=O) groups is 1. The van der Waals surface area contributed by atoms with E-state index >= 15 is 0 Å². The Kier molecular flexibility index (Phi) is 3.40. The van der Waals surface area contributed by atoms with Crippen LogP contribution in [-0.4, -0.2) is 12.1 Å². The van der Waals surface area contributed by atoms with Gasteiger partial charge in [-0.25, -0.2) is 4.79 Å². The fourth-order valence-electron chi connectivity index (χ4n) is 1.99. The van der Waals surface area contributed by atoms with Gasteiger partial charge < -0.3 is 4.74 Å². The molecule has 1 unspecified atom stereocenters. The number of cyclic esters (lactones) is 1. The number of aryl methyl sites for hydroxylation is 1. The molecule has 16 heavy (non-hydrogen) atoms. The second-order valence-corrected chi connectivity index (χ2v) is 4.28. The van der Waals surface area contributed by atoms with Crippen LogP contribution in [0.1, 0.15) is 25.3 Å². The van der Waals surface area contributed by atoms with E-state index in [9.17, 15) is 4.79 Å². The molecule has 0 saturated carbocycles. The third-order valence-electron chi connectivity index (χ3n) is 2.79. The predicted molar refractivity (Wildman–Crippen MR) is 63.0 cm³/mol. The molecule has 0 spiro atoms. The van der Waals surface area contributed by atoms with E-state index in [0.29, 0.717) is 0 Å². The molecule has 0 aliphatic carbocycles. The molecule has 1 aliphatic heterocycles. The minimum atomic E-state index is -0.193. The summed E-state index contributed by atoms with van der Waals surface area (Å²) in [6.45, 7) is 1.98. The molecule has 2 heteroatoms. The van der Waals surface area contributed by atoms with E-state index in [2.05, 4.69) is 12.1 Å². The molecular formula is C14H16O2. The van der Waals surface area contributed by atoms with Crippen LogP contribution in [0.4, 0.5) is 0 Å². The fraction of sp³-hybridized carbons (Fsp3) is 0.357. The molecule has 0 bridgehead atoms. The van der Waals surface area contributed by atoms with Crippen molar-refractivity contribution in [2.45, 2.75) is 32.3 Å². The highest BCUT2D eigenvalue weighted by molar-refractivity contribution is 5.83. The number of esters is 1. The highest BCUT2D eigenvalue weighted by Gasteiger charge is 2.18. The van der Waals surface area contributed by atoms with Gasteiger partial charge in [-0.05, 0) is 25.3 Å². The number of carbonyl (C=O) groups excluding carboxylic acids is 1. The molecule has 0 radical (unpaired) electrons. The molecule has 0 N–H and O–H groups in total. The van der Waals surface area contributed by atoms with E-state index in [1.807, 2.05) is 25.1 Å². The Morgan fingerprint density at radius 2 is 2.06 bits per heavy atom. The van der Waals surface area contributed by atoms with Crippen LogP contribution in [0.25, 0.3) is 0 Å². The molecule has 1 heterocycles. The van der Waals surface area contributed by atoms with Crippen molar-refractivity contribution in [3.8, 4) is 0 Å². The van der Waals surface area contributed by atoms with E-state index in [1.165, 1.54) is 5.56 Å². The zero-order valence-corrected chi connectivity index (χ0v) is 9.48. The predicted octanol–water partition coefficient (Wildman–Crippen LogP) is 2.88. The number of hydrogen-bond donors (Lipinski definition) is 0. The Hall–Kier alpha value is -1.57. The van der Waals surface area contributed by atoms with Gasteiger partial charge >= 0.3 is 5.97 Å². The summed E-state index contributed by atoms with van der Waals surface area (Å²) in [5, 5.41) is 0. The van der Waals surface area contributed by atoms with Crippen LogP contribution < -0.4 is 0 Å². The summed E-state index contributed by atoms with van der Waals surface area (Å²) < 4.78 is 5.26. The maximum absolute atomic E-state index is 11.2. The normalized spacial score (nSPS) is 20.2. The van der Waals surface area contributed by atoms with Gasteiger partial charge in [-0.2, -0.15) is 0 Å². The summed E-state index contributed by atoms with van der Waals surface area (Å²) in [5.74, 6) is -0.193. The quantitative estimate of drug-likeness (QED) is 0.726. The van der Waals surface area contributed by atoms with Crippen LogP contribution in [0.15, 0.2) is 42.0 Å². The molecule has 1 aliphatic rings. The van der Waals surface area contributed by atoms with Crippen molar-refractivity contribution in [2.75, 3.05) is 0 Å². The largest absolute Gasteiger partial charge is 0.459 e. The maximum Gasteiger partial charge on any atom is 0.330 e. The minimum absolute atomic E-state index is 0.0534. The topological polar surface area (TPSA) is 26.3 Å². The van der Waals surface area contributed by atoms with Crippen molar-refractivity contribution in [2.24, 2.45) is 0 Å². The number of hydrogen-bond acceptors (Lipinski definition) is 2. The fourth-order valence-corrected chi connectivity index (χ4v) is 1.99. The zero-order chi connectivity index (χ0) is 11.4. The van der Waals surface area contributed by atoms with E-state index in [4.69, 9.17) is 4.74 Å². The van der Waals surface area contributed by atoms with Crippen molar-refractivity contribution >= 4 is 5.97 Å². The van der Waals surface area contributed by atoms with Gasteiger partial charge in [0.2, 0.25) is 0 Å². The lowest BCUT2D eigenvalue weighted by atomic mass is 10.0. The molecule has 0 amide bonds. The smallest absolute Gasteiger partial charge is 0.330 e. The molecule has 1 atom stereocenters. The van der Waals surface area contributed by atoms with Crippen LogP contribution in [0.5, 0.6) is 0 Å². The van der Waals surface area contributed by atoms with Gasteiger partial charge in [-0.3, -0.25) is 0 Å². The van der Waals surface area contributed by atoms with Crippen molar-refractivity contribution in [3.05, 3.63) is 47.5 Å².